The fraction of sp³-hybridized carbons (Fsp3) is 0.714. The lowest BCUT2D eigenvalue weighted by atomic mass is 9.51. The Bertz CT molecular complexity index is 418. The molecule has 0 aromatic heterocycles. The van der Waals surface area contributed by atoms with Gasteiger partial charge in [0.25, 0.3) is 0 Å². The molecular formula is C14H22O2Si. The van der Waals surface area contributed by atoms with Crippen LogP contribution in [-0.2, 0) is 0 Å². The fourth-order valence-corrected chi connectivity index (χ4v) is 5.74. The van der Waals surface area contributed by atoms with Crippen molar-refractivity contribution in [2.45, 2.75) is 50.6 Å². The molecule has 0 saturated heterocycles. The van der Waals surface area contributed by atoms with Crippen molar-refractivity contribution >= 4 is 8.07 Å². The van der Waals surface area contributed by atoms with Gasteiger partial charge in [0, 0.05) is 5.92 Å². The molecule has 2 nitrogen and oxygen atoms in total. The zero-order valence-corrected chi connectivity index (χ0v) is 11.9. The molecule has 17 heavy (non-hydrogen) atoms. The van der Waals surface area contributed by atoms with Crippen LogP contribution in [0.5, 0.6) is 0 Å². The van der Waals surface area contributed by atoms with Gasteiger partial charge in [0.1, 0.15) is 11.7 Å². The topological polar surface area (TPSA) is 40.5 Å². The Morgan fingerprint density at radius 3 is 2.71 bits per heavy atom. The highest BCUT2D eigenvalue weighted by molar-refractivity contribution is 6.83. The van der Waals surface area contributed by atoms with Crippen molar-refractivity contribution in [2.75, 3.05) is 0 Å². The minimum absolute atomic E-state index is 0.220. The molecule has 2 fully saturated rings. The van der Waals surface area contributed by atoms with Gasteiger partial charge in [0.2, 0.25) is 0 Å². The minimum atomic E-state index is -1.41. The normalized spacial score (nSPS) is 44.4. The Morgan fingerprint density at radius 2 is 2.06 bits per heavy atom. The van der Waals surface area contributed by atoms with E-state index in [4.69, 9.17) is 0 Å². The number of aliphatic hydroxyl groups is 2. The number of hydrogen-bond donors (Lipinski definition) is 2. The Balaban J connectivity index is 2.08. The third-order valence-corrected chi connectivity index (χ3v) is 6.89. The van der Waals surface area contributed by atoms with Gasteiger partial charge in [0.15, 0.2) is 0 Å². The van der Waals surface area contributed by atoms with Crippen molar-refractivity contribution in [3.8, 4) is 0 Å². The number of hydrogen-bond acceptors (Lipinski definition) is 2. The Labute approximate surface area is 104 Å². The van der Waals surface area contributed by atoms with E-state index in [0.29, 0.717) is 5.92 Å². The highest BCUT2D eigenvalue weighted by Gasteiger charge is 2.62. The monoisotopic (exact) mass is 250 g/mol. The van der Waals surface area contributed by atoms with Gasteiger partial charge in [-0.3, -0.25) is 0 Å². The van der Waals surface area contributed by atoms with Crippen LogP contribution in [0.3, 0.4) is 0 Å². The summed E-state index contributed by atoms with van der Waals surface area (Å²) in [5.74, 6) is 0.685. The quantitative estimate of drug-likeness (QED) is 0.701. The van der Waals surface area contributed by atoms with Crippen LogP contribution in [-0.4, -0.2) is 30.0 Å². The summed E-state index contributed by atoms with van der Waals surface area (Å²) in [4.78, 5) is 0. The van der Waals surface area contributed by atoms with Crippen LogP contribution in [0.4, 0.5) is 0 Å². The van der Waals surface area contributed by atoms with E-state index in [1.807, 2.05) is 0 Å². The molecule has 0 radical (unpaired) electrons. The van der Waals surface area contributed by atoms with Crippen molar-refractivity contribution in [3.05, 3.63) is 22.9 Å². The van der Waals surface area contributed by atoms with E-state index in [9.17, 15) is 10.2 Å². The summed E-state index contributed by atoms with van der Waals surface area (Å²) in [6.45, 7) is 6.94. The molecule has 0 aromatic carbocycles. The first kappa shape index (κ1) is 11.7. The molecule has 3 aliphatic carbocycles. The van der Waals surface area contributed by atoms with Crippen molar-refractivity contribution < 1.29 is 10.2 Å². The molecule has 4 atom stereocenters. The zero-order chi connectivity index (χ0) is 12.4. The Kier molecular flexibility index (Phi) is 2.30. The van der Waals surface area contributed by atoms with Gasteiger partial charge in [-0.2, -0.15) is 0 Å². The summed E-state index contributed by atoms with van der Waals surface area (Å²) >= 11 is 0. The molecule has 3 rings (SSSR count). The maximum Gasteiger partial charge on any atom is 0.105 e. The molecular weight excluding hydrogens is 228 g/mol. The van der Waals surface area contributed by atoms with Crippen molar-refractivity contribution in [1.29, 1.82) is 0 Å². The summed E-state index contributed by atoms with van der Waals surface area (Å²) in [7, 11) is -1.41. The number of rotatable bonds is 1. The van der Waals surface area contributed by atoms with Crippen molar-refractivity contribution in [3.63, 3.8) is 0 Å². The molecule has 94 valence electrons. The van der Waals surface area contributed by atoms with E-state index >= 15 is 0 Å². The van der Waals surface area contributed by atoms with Crippen LogP contribution < -0.4 is 0 Å². The maximum atomic E-state index is 10.6. The predicted molar refractivity (Wildman–Crippen MR) is 71.3 cm³/mol. The highest BCUT2D eigenvalue weighted by Crippen LogP contribution is 2.58. The van der Waals surface area contributed by atoms with Gasteiger partial charge in [-0.05, 0) is 30.8 Å². The van der Waals surface area contributed by atoms with Gasteiger partial charge in [-0.15, -0.1) is 0 Å². The van der Waals surface area contributed by atoms with Gasteiger partial charge in [-0.25, -0.2) is 0 Å². The van der Waals surface area contributed by atoms with E-state index in [0.717, 1.165) is 12.8 Å². The third-order valence-electron chi connectivity index (χ3n) is 4.81. The largest absolute Gasteiger partial charge is 0.386 e. The average Bonchev–Trinajstić information content (AvgIpc) is 2.26. The van der Waals surface area contributed by atoms with Crippen molar-refractivity contribution in [1.82, 2.24) is 0 Å². The van der Waals surface area contributed by atoms with Crippen LogP contribution in [0.2, 0.25) is 19.6 Å². The van der Waals surface area contributed by atoms with Gasteiger partial charge >= 0.3 is 0 Å². The SMILES string of the molecule is C[Si](C)(C)C1=C2[C@@H](O)[C@@]3(O)CCC[C@@H](C=C1)[C@@H]23. The molecule has 2 N–H and O–H groups in total. The molecule has 0 amide bonds. The number of aliphatic hydroxyl groups excluding tert-OH is 1. The summed E-state index contributed by atoms with van der Waals surface area (Å²) in [5, 5.41) is 22.3. The minimum Gasteiger partial charge on any atom is -0.386 e. The average molecular weight is 250 g/mol. The highest BCUT2D eigenvalue weighted by atomic mass is 28.3. The van der Waals surface area contributed by atoms with Gasteiger partial charge < -0.3 is 10.2 Å². The van der Waals surface area contributed by atoms with Crippen LogP contribution >= 0.6 is 0 Å². The molecule has 3 aliphatic rings. The summed E-state index contributed by atoms with van der Waals surface area (Å²) < 4.78 is 0. The molecule has 0 bridgehead atoms. The number of allylic oxidation sites excluding steroid dienone is 3. The van der Waals surface area contributed by atoms with E-state index < -0.39 is 19.8 Å². The second-order valence-electron chi connectivity index (χ2n) is 6.91. The van der Waals surface area contributed by atoms with Crippen LogP contribution in [0.1, 0.15) is 19.3 Å². The third kappa shape index (κ3) is 1.39. The molecule has 2 saturated carbocycles. The predicted octanol–water partition coefficient (Wildman–Crippen LogP) is 2.25. The Morgan fingerprint density at radius 1 is 1.35 bits per heavy atom. The van der Waals surface area contributed by atoms with Gasteiger partial charge in [-0.1, -0.05) is 37.0 Å². The second kappa shape index (κ2) is 3.34. The summed E-state index contributed by atoms with van der Waals surface area (Å²) in [6.07, 6.45) is 6.91. The fourth-order valence-electron chi connectivity index (χ4n) is 3.98. The summed E-state index contributed by atoms with van der Waals surface area (Å²) in [5.41, 5.74) is 0.368. The van der Waals surface area contributed by atoms with E-state index in [1.165, 1.54) is 17.2 Å². The molecule has 0 spiro atoms. The van der Waals surface area contributed by atoms with Crippen LogP contribution in [0.15, 0.2) is 22.9 Å². The van der Waals surface area contributed by atoms with Gasteiger partial charge in [0.05, 0.1) is 8.07 Å². The molecule has 3 heteroatoms. The first-order valence-electron chi connectivity index (χ1n) is 6.69. The Hall–Kier alpha value is -0.383. The van der Waals surface area contributed by atoms with E-state index in [1.54, 1.807) is 0 Å². The molecule has 0 unspecified atom stereocenters. The smallest absolute Gasteiger partial charge is 0.105 e. The lowest BCUT2D eigenvalue weighted by Gasteiger charge is -2.60. The molecule has 0 heterocycles. The molecule has 0 aliphatic heterocycles. The van der Waals surface area contributed by atoms with Crippen LogP contribution in [0.25, 0.3) is 0 Å². The zero-order valence-electron chi connectivity index (χ0n) is 10.9. The maximum absolute atomic E-state index is 10.6. The first-order chi connectivity index (χ1) is 7.86. The second-order valence-corrected chi connectivity index (χ2v) is 11.9. The lowest BCUT2D eigenvalue weighted by molar-refractivity contribution is -0.176. The lowest BCUT2D eigenvalue weighted by Crippen LogP contribution is -2.67. The van der Waals surface area contributed by atoms with E-state index in [2.05, 4.69) is 31.8 Å². The molecule has 0 aromatic rings. The van der Waals surface area contributed by atoms with Crippen molar-refractivity contribution in [2.24, 2.45) is 11.8 Å². The first-order valence-corrected chi connectivity index (χ1v) is 10.2. The van der Waals surface area contributed by atoms with Crippen LogP contribution in [0, 0.1) is 11.8 Å². The standard InChI is InChI=1S/C14H22O2Si/c1-17(2,3)10-7-6-9-5-4-8-14(16)12(9)11(10)13(14)15/h6-7,9,12-13,15-16H,4-5,8H2,1-3H3/t9-,12-,13+,14+/m0/s1. The summed E-state index contributed by atoms with van der Waals surface area (Å²) in [6, 6.07) is 0. The van der Waals surface area contributed by atoms with E-state index in [-0.39, 0.29) is 5.92 Å².